The summed E-state index contributed by atoms with van der Waals surface area (Å²) in [5.41, 5.74) is 0.918. The second-order valence-electron chi connectivity index (χ2n) is 4.84. The van der Waals surface area contributed by atoms with Crippen LogP contribution in [0.15, 0.2) is 23.0 Å². The molecule has 0 radical (unpaired) electrons. The molecular formula is C15H19N3O3S. The summed E-state index contributed by atoms with van der Waals surface area (Å²) < 4.78 is 6.78. The third-order valence-corrected chi connectivity index (χ3v) is 3.69. The van der Waals surface area contributed by atoms with Crippen molar-refractivity contribution in [2.75, 3.05) is 20.3 Å². The zero-order chi connectivity index (χ0) is 16.1. The molecule has 2 aromatic rings. The first kappa shape index (κ1) is 16.4. The van der Waals surface area contributed by atoms with Crippen molar-refractivity contribution in [3.8, 4) is 0 Å². The molecular weight excluding hydrogens is 302 g/mol. The van der Waals surface area contributed by atoms with Crippen LogP contribution in [0.4, 0.5) is 0 Å². The highest BCUT2D eigenvalue weighted by Gasteiger charge is 2.09. The monoisotopic (exact) mass is 321 g/mol. The number of amides is 1. The molecule has 0 atom stereocenters. The lowest BCUT2D eigenvalue weighted by Gasteiger charge is -2.08. The van der Waals surface area contributed by atoms with Crippen LogP contribution in [0.5, 0.6) is 0 Å². The fourth-order valence-electron chi connectivity index (χ4n) is 2.20. The molecule has 118 valence electrons. The zero-order valence-corrected chi connectivity index (χ0v) is 13.5. The van der Waals surface area contributed by atoms with Crippen molar-refractivity contribution in [3.05, 3.63) is 38.9 Å². The lowest BCUT2D eigenvalue weighted by atomic mass is 10.1. The Morgan fingerprint density at radius 1 is 1.45 bits per heavy atom. The van der Waals surface area contributed by atoms with E-state index in [0.29, 0.717) is 40.9 Å². The Balaban J connectivity index is 2.29. The van der Waals surface area contributed by atoms with Crippen LogP contribution in [0.25, 0.3) is 10.9 Å². The van der Waals surface area contributed by atoms with Gasteiger partial charge in [-0.1, -0.05) is 0 Å². The number of nitrogens with zero attached hydrogens (tertiary/aromatic N) is 1. The highest BCUT2D eigenvalue weighted by atomic mass is 32.1. The average Bonchev–Trinajstić information content (AvgIpc) is 2.51. The summed E-state index contributed by atoms with van der Waals surface area (Å²) in [7, 11) is 1.62. The number of hydrogen-bond donors (Lipinski definition) is 2. The Hall–Kier alpha value is -1.99. The molecule has 2 N–H and O–H groups in total. The van der Waals surface area contributed by atoms with Crippen LogP contribution in [-0.4, -0.2) is 35.7 Å². The lowest BCUT2D eigenvalue weighted by molar-refractivity contribution is 0.0948. The minimum absolute atomic E-state index is 0.145. The number of fused-ring (bicyclic) bond motifs is 1. The van der Waals surface area contributed by atoms with Gasteiger partial charge in [-0.15, -0.1) is 0 Å². The molecule has 0 saturated carbocycles. The molecule has 7 heteroatoms. The quantitative estimate of drug-likeness (QED) is 0.629. The van der Waals surface area contributed by atoms with Gasteiger partial charge in [0, 0.05) is 32.4 Å². The summed E-state index contributed by atoms with van der Waals surface area (Å²) in [6, 6.07) is 4.95. The standard InChI is InChI=1S/C15H19N3O3S/c1-3-18-14(20)11-6-5-10(9-12(11)17-15(18)22)13(19)16-7-4-8-21-2/h5-6,9H,3-4,7-8H2,1-2H3,(H,16,19)(H,17,22). The summed E-state index contributed by atoms with van der Waals surface area (Å²) in [4.78, 5) is 27.3. The van der Waals surface area contributed by atoms with E-state index in [1.807, 2.05) is 6.92 Å². The lowest BCUT2D eigenvalue weighted by Crippen LogP contribution is -2.25. The maximum Gasteiger partial charge on any atom is 0.262 e. The number of aromatic amines is 1. The van der Waals surface area contributed by atoms with E-state index in [4.69, 9.17) is 17.0 Å². The van der Waals surface area contributed by atoms with Crippen LogP contribution in [0.2, 0.25) is 0 Å². The fraction of sp³-hybridized carbons (Fsp3) is 0.400. The van der Waals surface area contributed by atoms with Crippen molar-refractivity contribution < 1.29 is 9.53 Å². The van der Waals surface area contributed by atoms with E-state index in [-0.39, 0.29) is 11.5 Å². The first-order valence-corrected chi connectivity index (χ1v) is 7.53. The number of hydrogen-bond acceptors (Lipinski definition) is 4. The number of aromatic nitrogens is 2. The van der Waals surface area contributed by atoms with Gasteiger partial charge in [0.25, 0.3) is 11.5 Å². The highest BCUT2D eigenvalue weighted by Crippen LogP contribution is 2.11. The van der Waals surface area contributed by atoms with Gasteiger partial charge in [0.05, 0.1) is 10.9 Å². The number of ether oxygens (including phenoxy) is 1. The molecule has 1 aromatic carbocycles. The third-order valence-electron chi connectivity index (χ3n) is 3.37. The second kappa shape index (κ2) is 7.33. The number of H-pyrrole nitrogens is 1. The van der Waals surface area contributed by atoms with E-state index in [9.17, 15) is 9.59 Å². The van der Waals surface area contributed by atoms with Gasteiger partial charge in [0.15, 0.2) is 4.77 Å². The fourth-order valence-corrected chi connectivity index (χ4v) is 2.53. The first-order chi connectivity index (χ1) is 10.6. The van der Waals surface area contributed by atoms with Crippen LogP contribution in [0.1, 0.15) is 23.7 Å². The zero-order valence-electron chi connectivity index (χ0n) is 12.6. The van der Waals surface area contributed by atoms with Gasteiger partial charge in [0.1, 0.15) is 0 Å². The minimum atomic E-state index is -0.183. The molecule has 0 fully saturated rings. The number of nitrogens with one attached hydrogen (secondary N) is 2. The summed E-state index contributed by atoms with van der Waals surface area (Å²) in [6.45, 7) is 3.50. The summed E-state index contributed by atoms with van der Waals surface area (Å²) >= 11 is 5.17. The Labute approximate surface area is 133 Å². The molecule has 1 heterocycles. The molecule has 0 bridgehead atoms. The predicted molar refractivity (Wildman–Crippen MR) is 87.9 cm³/mol. The number of methoxy groups -OCH3 is 1. The van der Waals surface area contributed by atoms with E-state index in [0.717, 1.165) is 6.42 Å². The molecule has 0 unspecified atom stereocenters. The molecule has 1 amide bonds. The van der Waals surface area contributed by atoms with E-state index in [1.165, 1.54) is 4.57 Å². The number of rotatable bonds is 6. The molecule has 0 saturated heterocycles. The minimum Gasteiger partial charge on any atom is -0.385 e. The SMILES string of the molecule is CCn1c(=S)[nH]c2cc(C(=O)NCCCOC)ccc2c1=O. The second-order valence-corrected chi connectivity index (χ2v) is 5.23. The average molecular weight is 321 g/mol. The van der Waals surface area contributed by atoms with Crippen molar-refractivity contribution in [2.45, 2.75) is 19.9 Å². The van der Waals surface area contributed by atoms with E-state index in [1.54, 1.807) is 25.3 Å². The smallest absolute Gasteiger partial charge is 0.262 e. The van der Waals surface area contributed by atoms with Gasteiger partial charge in [-0.2, -0.15) is 0 Å². The van der Waals surface area contributed by atoms with Gasteiger partial charge in [-0.25, -0.2) is 0 Å². The van der Waals surface area contributed by atoms with Crippen LogP contribution >= 0.6 is 12.2 Å². The highest BCUT2D eigenvalue weighted by molar-refractivity contribution is 7.71. The molecule has 0 aliphatic carbocycles. The van der Waals surface area contributed by atoms with Gasteiger partial charge in [-0.05, 0) is 43.8 Å². The van der Waals surface area contributed by atoms with Gasteiger partial charge < -0.3 is 15.0 Å². The molecule has 22 heavy (non-hydrogen) atoms. The van der Waals surface area contributed by atoms with E-state index in [2.05, 4.69) is 10.3 Å². The predicted octanol–water partition coefficient (Wildman–Crippen LogP) is 1.85. The Morgan fingerprint density at radius 3 is 2.91 bits per heavy atom. The van der Waals surface area contributed by atoms with Gasteiger partial charge in [0.2, 0.25) is 0 Å². The molecule has 0 aliphatic rings. The maximum atomic E-state index is 12.3. The molecule has 0 spiro atoms. The van der Waals surface area contributed by atoms with Crippen molar-refractivity contribution >= 4 is 29.0 Å². The molecule has 1 aromatic heterocycles. The van der Waals surface area contributed by atoms with Gasteiger partial charge >= 0.3 is 0 Å². The summed E-state index contributed by atoms with van der Waals surface area (Å²) in [5, 5.41) is 3.33. The van der Waals surface area contributed by atoms with Crippen LogP contribution in [-0.2, 0) is 11.3 Å². The van der Waals surface area contributed by atoms with Crippen molar-refractivity contribution in [3.63, 3.8) is 0 Å². The van der Waals surface area contributed by atoms with Crippen LogP contribution in [0.3, 0.4) is 0 Å². The summed E-state index contributed by atoms with van der Waals surface area (Å²) in [5.74, 6) is -0.183. The molecule has 6 nitrogen and oxygen atoms in total. The molecule has 2 rings (SSSR count). The topological polar surface area (TPSA) is 76.1 Å². The number of carbonyl (C=O) groups is 1. The molecule has 0 aliphatic heterocycles. The Morgan fingerprint density at radius 2 is 2.23 bits per heavy atom. The third kappa shape index (κ3) is 3.42. The van der Waals surface area contributed by atoms with Crippen molar-refractivity contribution in [2.24, 2.45) is 0 Å². The van der Waals surface area contributed by atoms with Crippen LogP contribution in [0, 0.1) is 4.77 Å². The maximum absolute atomic E-state index is 12.3. The van der Waals surface area contributed by atoms with Crippen molar-refractivity contribution in [1.29, 1.82) is 0 Å². The first-order valence-electron chi connectivity index (χ1n) is 7.12. The normalized spacial score (nSPS) is 10.8. The number of benzene rings is 1. The Bertz CT molecular complexity index is 795. The van der Waals surface area contributed by atoms with E-state index < -0.39 is 0 Å². The Kier molecular flexibility index (Phi) is 5.46. The van der Waals surface area contributed by atoms with E-state index >= 15 is 0 Å². The van der Waals surface area contributed by atoms with Crippen LogP contribution < -0.4 is 10.9 Å². The summed E-state index contributed by atoms with van der Waals surface area (Å²) in [6.07, 6.45) is 0.749. The van der Waals surface area contributed by atoms with Gasteiger partial charge in [-0.3, -0.25) is 14.2 Å². The largest absolute Gasteiger partial charge is 0.385 e. The number of carbonyl (C=O) groups excluding carboxylic acids is 1. The van der Waals surface area contributed by atoms with Crippen molar-refractivity contribution in [1.82, 2.24) is 14.9 Å².